The summed E-state index contributed by atoms with van der Waals surface area (Å²) in [5.41, 5.74) is 0.582. The lowest BCUT2D eigenvalue weighted by molar-refractivity contribution is -0.113. The van der Waals surface area contributed by atoms with Crippen molar-refractivity contribution in [2.45, 2.75) is 0 Å². The average Bonchev–Trinajstić information content (AvgIpc) is 2.07. The van der Waals surface area contributed by atoms with Gasteiger partial charge in [0.15, 0.2) is 0 Å². The van der Waals surface area contributed by atoms with E-state index < -0.39 is 10.8 Å². The predicted octanol–water partition coefficient (Wildman–Crippen LogP) is 0.709. The van der Waals surface area contributed by atoms with E-state index in [2.05, 4.69) is 5.32 Å². The van der Waals surface area contributed by atoms with Crippen molar-refractivity contribution in [2.24, 2.45) is 0 Å². The van der Waals surface area contributed by atoms with Gasteiger partial charge in [-0.1, -0.05) is 0 Å². The highest BCUT2D eigenvalue weighted by Gasteiger charge is 2.03. The Hall–Kier alpha value is -1.36. The summed E-state index contributed by atoms with van der Waals surface area (Å²) < 4.78 is 10.7. The van der Waals surface area contributed by atoms with E-state index in [0.29, 0.717) is 5.69 Å². The van der Waals surface area contributed by atoms with Crippen LogP contribution < -0.4 is 5.32 Å². The molecule has 0 aliphatic carbocycles. The zero-order valence-electron chi connectivity index (χ0n) is 7.69. The van der Waals surface area contributed by atoms with Crippen LogP contribution in [0.4, 0.5) is 5.69 Å². The number of hydrogen-bond donors (Lipinski definition) is 2. The molecule has 1 amide bonds. The molecule has 14 heavy (non-hydrogen) atoms. The first kappa shape index (κ1) is 10.7. The topological polar surface area (TPSA) is 66.4 Å². The summed E-state index contributed by atoms with van der Waals surface area (Å²) in [4.78, 5) is 11.1. The van der Waals surface area contributed by atoms with E-state index in [4.69, 9.17) is 5.11 Å². The Labute approximate surface area is 84.4 Å². The van der Waals surface area contributed by atoms with Gasteiger partial charge in [0, 0.05) is 22.7 Å². The third kappa shape index (κ3) is 3.57. The van der Waals surface area contributed by atoms with Crippen LogP contribution in [0.2, 0.25) is 0 Å². The number of rotatable bonds is 3. The van der Waals surface area contributed by atoms with Crippen LogP contribution in [0.15, 0.2) is 24.3 Å². The summed E-state index contributed by atoms with van der Waals surface area (Å²) in [6.45, 7) is 0. The van der Waals surface area contributed by atoms with E-state index >= 15 is 0 Å². The minimum atomic E-state index is -1.14. The molecule has 5 heteroatoms. The number of benzene rings is 1. The van der Waals surface area contributed by atoms with Gasteiger partial charge in [0.25, 0.3) is 0 Å². The summed E-state index contributed by atoms with van der Waals surface area (Å²) in [7, 11) is -1.14. The molecule has 0 saturated heterocycles. The Balaban J connectivity index is 2.56. The fourth-order valence-corrected chi connectivity index (χ4v) is 1.37. The first-order chi connectivity index (χ1) is 6.58. The molecule has 1 aromatic rings. The lowest BCUT2D eigenvalue weighted by atomic mass is 10.3. The number of phenols is 1. The van der Waals surface area contributed by atoms with Crippen molar-refractivity contribution in [2.75, 3.05) is 17.3 Å². The standard InChI is InChI=1S/C9H11NO3S/c1-14(13)6-9(12)10-7-2-4-8(11)5-3-7/h2-5,11H,6H2,1H3,(H,10,12). The van der Waals surface area contributed by atoms with Gasteiger partial charge in [-0.25, -0.2) is 0 Å². The Morgan fingerprint density at radius 2 is 2.00 bits per heavy atom. The maximum Gasteiger partial charge on any atom is 0.236 e. The number of carbonyl (C=O) groups is 1. The molecule has 0 bridgehead atoms. The normalized spacial score (nSPS) is 12.1. The number of nitrogens with one attached hydrogen (secondary N) is 1. The van der Waals surface area contributed by atoms with Crippen molar-refractivity contribution in [1.29, 1.82) is 0 Å². The van der Waals surface area contributed by atoms with Gasteiger partial charge in [0.1, 0.15) is 11.5 Å². The van der Waals surface area contributed by atoms with E-state index in [1.54, 1.807) is 12.1 Å². The fourth-order valence-electron chi connectivity index (χ4n) is 0.926. The molecule has 4 nitrogen and oxygen atoms in total. The van der Waals surface area contributed by atoms with Gasteiger partial charge in [-0.3, -0.25) is 9.00 Å². The van der Waals surface area contributed by atoms with Crippen molar-refractivity contribution >= 4 is 22.4 Å². The first-order valence-electron chi connectivity index (χ1n) is 3.97. The molecule has 0 aliphatic rings. The molecule has 0 aliphatic heterocycles. The molecule has 0 radical (unpaired) electrons. The van der Waals surface area contributed by atoms with Crippen LogP contribution in [0.1, 0.15) is 0 Å². The number of phenolic OH excluding ortho intramolecular Hbond substituents is 1. The van der Waals surface area contributed by atoms with E-state index in [1.165, 1.54) is 18.4 Å². The van der Waals surface area contributed by atoms with Gasteiger partial charge >= 0.3 is 0 Å². The van der Waals surface area contributed by atoms with E-state index in [-0.39, 0.29) is 17.4 Å². The average molecular weight is 213 g/mol. The Bertz CT molecular complexity index is 348. The molecule has 0 saturated carbocycles. The number of anilines is 1. The van der Waals surface area contributed by atoms with Crippen molar-refractivity contribution < 1.29 is 14.1 Å². The molecule has 1 aromatic carbocycles. The Morgan fingerprint density at radius 3 is 2.50 bits per heavy atom. The van der Waals surface area contributed by atoms with Gasteiger partial charge in [-0.05, 0) is 24.3 Å². The largest absolute Gasteiger partial charge is 0.508 e. The highest BCUT2D eigenvalue weighted by atomic mass is 32.2. The maximum atomic E-state index is 11.1. The minimum Gasteiger partial charge on any atom is -0.508 e. The number of carbonyl (C=O) groups excluding carboxylic acids is 1. The predicted molar refractivity (Wildman–Crippen MR) is 55.7 cm³/mol. The van der Waals surface area contributed by atoms with Crippen LogP contribution in [0.25, 0.3) is 0 Å². The molecule has 0 heterocycles. The van der Waals surface area contributed by atoms with E-state index in [0.717, 1.165) is 0 Å². The number of hydrogen-bond acceptors (Lipinski definition) is 3. The SMILES string of the molecule is CS(=O)CC(=O)Nc1ccc(O)cc1. The summed E-state index contributed by atoms with van der Waals surface area (Å²) >= 11 is 0. The van der Waals surface area contributed by atoms with Gasteiger partial charge < -0.3 is 10.4 Å². The zero-order valence-corrected chi connectivity index (χ0v) is 8.50. The Morgan fingerprint density at radius 1 is 1.43 bits per heavy atom. The summed E-state index contributed by atoms with van der Waals surface area (Å²) in [6.07, 6.45) is 1.47. The van der Waals surface area contributed by atoms with Crippen molar-refractivity contribution in [3.8, 4) is 5.75 Å². The molecule has 76 valence electrons. The highest BCUT2D eigenvalue weighted by Crippen LogP contribution is 2.13. The van der Waals surface area contributed by atoms with Crippen LogP contribution in [-0.2, 0) is 15.6 Å². The van der Waals surface area contributed by atoms with Crippen molar-refractivity contribution in [1.82, 2.24) is 0 Å². The Kier molecular flexibility index (Phi) is 3.64. The molecular formula is C9H11NO3S. The quantitative estimate of drug-likeness (QED) is 0.727. The fraction of sp³-hybridized carbons (Fsp3) is 0.222. The van der Waals surface area contributed by atoms with Crippen LogP contribution >= 0.6 is 0 Å². The molecule has 0 fully saturated rings. The lowest BCUT2D eigenvalue weighted by Crippen LogP contribution is -2.18. The van der Waals surface area contributed by atoms with Gasteiger partial charge in [-0.15, -0.1) is 0 Å². The van der Waals surface area contributed by atoms with Crippen LogP contribution in [0, 0.1) is 0 Å². The van der Waals surface area contributed by atoms with Crippen molar-refractivity contribution in [3.63, 3.8) is 0 Å². The molecule has 0 spiro atoms. The second-order valence-electron chi connectivity index (χ2n) is 2.81. The van der Waals surface area contributed by atoms with E-state index in [9.17, 15) is 9.00 Å². The van der Waals surface area contributed by atoms with Crippen LogP contribution in [0.3, 0.4) is 0 Å². The third-order valence-corrected chi connectivity index (χ3v) is 2.15. The molecule has 1 atom stereocenters. The summed E-state index contributed by atoms with van der Waals surface area (Å²) in [5, 5.41) is 11.5. The first-order valence-corrected chi connectivity index (χ1v) is 5.69. The van der Waals surface area contributed by atoms with E-state index in [1.807, 2.05) is 0 Å². The zero-order chi connectivity index (χ0) is 10.6. The van der Waals surface area contributed by atoms with Crippen molar-refractivity contribution in [3.05, 3.63) is 24.3 Å². The highest BCUT2D eigenvalue weighted by molar-refractivity contribution is 7.85. The number of aromatic hydroxyl groups is 1. The summed E-state index contributed by atoms with van der Waals surface area (Å²) in [5.74, 6) is -0.167. The molecule has 2 N–H and O–H groups in total. The summed E-state index contributed by atoms with van der Waals surface area (Å²) in [6, 6.07) is 6.09. The van der Waals surface area contributed by atoms with Crippen LogP contribution in [0.5, 0.6) is 5.75 Å². The second kappa shape index (κ2) is 4.76. The smallest absolute Gasteiger partial charge is 0.236 e. The minimum absolute atomic E-state index is 0.0130. The number of amides is 1. The van der Waals surface area contributed by atoms with Gasteiger partial charge in [0.05, 0.1) is 0 Å². The second-order valence-corrected chi connectivity index (χ2v) is 4.25. The third-order valence-electron chi connectivity index (χ3n) is 1.49. The van der Waals surface area contributed by atoms with Gasteiger partial charge in [-0.2, -0.15) is 0 Å². The monoisotopic (exact) mass is 213 g/mol. The molecule has 1 unspecified atom stereocenters. The maximum absolute atomic E-state index is 11.1. The van der Waals surface area contributed by atoms with Gasteiger partial charge in [0.2, 0.25) is 5.91 Å². The molecule has 0 aromatic heterocycles. The molecular weight excluding hydrogens is 202 g/mol. The van der Waals surface area contributed by atoms with Crippen LogP contribution in [-0.4, -0.2) is 27.2 Å². The lowest BCUT2D eigenvalue weighted by Gasteiger charge is -2.03. The molecule has 1 rings (SSSR count).